The van der Waals surface area contributed by atoms with E-state index >= 15 is 0 Å². The Balaban J connectivity index is 0.00000165. The molecule has 0 spiro atoms. The smallest absolute Gasteiger partial charge is 0.131 e. The first kappa shape index (κ1) is 47.0. The van der Waals surface area contributed by atoms with Crippen molar-refractivity contribution in [2.45, 2.75) is 93.9 Å². The maximum Gasteiger partial charge on any atom is 0.131 e. The number of rotatable bonds is 11. The molecule has 0 aromatic heterocycles. The molecule has 0 fully saturated rings. The predicted octanol–water partition coefficient (Wildman–Crippen LogP) is 17.0. The molecule has 8 aromatic rings. The molecule has 0 unspecified atom stereocenters. The number of aromatic hydroxyl groups is 2. The molecular weight excluding hydrogens is 785 g/mol. The Morgan fingerprint density at radius 3 is 1.33 bits per heavy atom. The minimum absolute atomic E-state index is 0.164. The van der Waals surface area contributed by atoms with Gasteiger partial charge in [0.05, 0.1) is 13.2 Å². The van der Waals surface area contributed by atoms with Crippen LogP contribution in [-0.4, -0.2) is 23.4 Å². The van der Waals surface area contributed by atoms with Gasteiger partial charge in [0.2, 0.25) is 0 Å². The van der Waals surface area contributed by atoms with Crippen LogP contribution in [0, 0.1) is 13.8 Å². The zero-order valence-electron chi connectivity index (χ0n) is 39.8. The van der Waals surface area contributed by atoms with Crippen molar-refractivity contribution in [1.82, 2.24) is 0 Å². The summed E-state index contributed by atoms with van der Waals surface area (Å²) in [4.78, 5) is 0. The van der Waals surface area contributed by atoms with E-state index in [0.29, 0.717) is 31.1 Å². The van der Waals surface area contributed by atoms with Gasteiger partial charge < -0.3 is 19.7 Å². The second kappa shape index (κ2) is 20.8. The third-order valence-corrected chi connectivity index (χ3v) is 11.7. The van der Waals surface area contributed by atoms with E-state index in [0.717, 1.165) is 88.3 Å². The van der Waals surface area contributed by atoms with Crippen molar-refractivity contribution < 1.29 is 19.7 Å². The van der Waals surface area contributed by atoms with Crippen LogP contribution < -0.4 is 9.47 Å². The zero-order valence-corrected chi connectivity index (χ0v) is 39.8. The molecule has 4 heteroatoms. The lowest BCUT2D eigenvalue weighted by molar-refractivity contribution is 0.248. The lowest BCUT2D eigenvalue weighted by Crippen LogP contribution is -2.12. The number of hydrogen-bond donors (Lipinski definition) is 2. The van der Waals surface area contributed by atoms with Crippen LogP contribution >= 0.6 is 0 Å². The normalized spacial score (nSPS) is 11.2. The van der Waals surface area contributed by atoms with Crippen LogP contribution in [-0.2, 0) is 5.41 Å². The fraction of sp³-hybridized carbons (Fsp3) is 0.267. The highest BCUT2D eigenvalue weighted by Crippen LogP contribution is 2.48. The maximum absolute atomic E-state index is 12.2. The first-order chi connectivity index (χ1) is 30.9. The lowest BCUT2D eigenvalue weighted by atomic mass is 9.81. The first-order valence-corrected chi connectivity index (χ1v) is 23.1. The highest BCUT2D eigenvalue weighted by Gasteiger charge is 2.24. The zero-order chi connectivity index (χ0) is 46.1. The second-order valence-electron chi connectivity index (χ2n) is 17.3. The van der Waals surface area contributed by atoms with Gasteiger partial charge in [-0.3, -0.25) is 0 Å². The molecule has 0 heterocycles. The summed E-state index contributed by atoms with van der Waals surface area (Å²) in [7, 11) is 0. The molecule has 0 saturated heterocycles. The summed E-state index contributed by atoms with van der Waals surface area (Å²) in [6.45, 7) is 24.0. The molecule has 0 aliphatic carbocycles. The molecule has 0 aliphatic rings. The van der Waals surface area contributed by atoms with Crippen molar-refractivity contribution >= 4 is 21.5 Å². The summed E-state index contributed by atoms with van der Waals surface area (Å²) in [6, 6.07) is 49.7. The van der Waals surface area contributed by atoms with Crippen molar-refractivity contribution in [2.24, 2.45) is 0 Å². The monoisotopic (exact) mass is 850 g/mol. The Bertz CT molecular complexity index is 2860. The van der Waals surface area contributed by atoms with E-state index in [2.05, 4.69) is 146 Å². The van der Waals surface area contributed by atoms with E-state index < -0.39 is 0 Å². The number of fused-ring (bicyclic) bond motifs is 2. The highest BCUT2D eigenvalue weighted by atomic mass is 16.5. The first-order valence-electron chi connectivity index (χ1n) is 23.1. The van der Waals surface area contributed by atoms with Crippen LogP contribution in [0.5, 0.6) is 23.0 Å². The average Bonchev–Trinajstić information content (AvgIpc) is 3.30. The van der Waals surface area contributed by atoms with E-state index in [4.69, 9.17) is 9.47 Å². The summed E-state index contributed by atoms with van der Waals surface area (Å²) in [6.07, 6.45) is 0.621. The van der Waals surface area contributed by atoms with Crippen LogP contribution in [0.2, 0.25) is 0 Å². The fourth-order valence-corrected chi connectivity index (χ4v) is 8.38. The van der Waals surface area contributed by atoms with Gasteiger partial charge in [0.25, 0.3) is 0 Å². The summed E-state index contributed by atoms with van der Waals surface area (Å²) in [5.41, 5.74) is 11.2. The van der Waals surface area contributed by atoms with Crippen molar-refractivity contribution in [2.75, 3.05) is 13.2 Å². The van der Waals surface area contributed by atoms with Gasteiger partial charge in [0.15, 0.2) is 0 Å². The molecule has 330 valence electrons. The topological polar surface area (TPSA) is 58.9 Å². The standard InChI is InChI=1S/C56H54O4.2C2H6/c1-35(2)40-31-46(54(57)48(32-40)52-36(3)25-27-38-17-8-10-19-42(38)52)44-21-12-14-23-50(44)59-29-16-30-60-51-24-15-13-22-45(51)47-33-41(56(5,6)7)34-49(55(47)58)53-37(4)26-28-39-18-9-11-20-43(39)53;2*1-2/h8-15,17-28,31-35,57-58H,16,29-30H2,1-7H3;2*1-2H3. The molecule has 0 bridgehead atoms. The van der Waals surface area contributed by atoms with Gasteiger partial charge in [-0.05, 0) is 117 Å². The van der Waals surface area contributed by atoms with Gasteiger partial charge in [0, 0.05) is 39.8 Å². The van der Waals surface area contributed by atoms with E-state index in [1.807, 2.05) is 76.2 Å². The Kier molecular flexibility index (Phi) is 15.2. The van der Waals surface area contributed by atoms with E-state index in [1.165, 1.54) is 0 Å². The van der Waals surface area contributed by atoms with Gasteiger partial charge in [-0.2, -0.15) is 0 Å². The van der Waals surface area contributed by atoms with E-state index in [9.17, 15) is 10.2 Å². The van der Waals surface area contributed by atoms with Gasteiger partial charge in [-0.25, -0.2) is 0 Å². The Morgan fingerprint density at radius 1 is 0.469 bits per heavy atom. The Morgan fingerprint density at radius 2 is 0.859 bits per heavy atom. The van der Waals surface area contributed by atoms with Crippen molar-refractivity contribution in [3.63, 3.8) is 0 Å². The number of phenols is 2. The number of aryl methyl sites for hydroxylation is 2. The lowest BCUT2D eigenvalue weighted by Gasteiger charge is -2.24. The number of hydrogen-bond acceptors (Lipinski definition) is 4. The number of benzene rings is 8. The number of para-hydroxylation sites is 2. The van der Waals surface area contributed by atoms with Crippen LogP contribution in [0.4, 0.5) is 0 Å². The Hall–Kier alpha value is -6.52. The van der Waals surface area contributed by atoms with Gasteiger partial charge in [-0.1, -0.05) is 172 Å². The minimum atomic E-state index is -0.164. The fourth-order valence-electron chi connectivity index (χ4n) is 8.38. The number of phenolic OH excluding ortho intramolecular Hbond substituents is 2. The molecule has 8 rings (SSSR count). The molecular formula is C60H66O4. The molecule has 2 N–H and O–H groups in total. The van der Waals surface area contributed by atoms with Crippen LogP contribution in [0.15, 0.2) is 146 Å². The summed E-state index contributed by atoms with van der Waals surface area (Å²) >= 11 is 0. The van der Waals surface area contributed by atoms with Gasteiger partial charge in [-0.15, -0.1) is 0 Å². The molecule has 0 aliphatic heterocycles. The van der Waals surface area contributed by atoms with Crippen LogP contribution in [0.3, 0.4) is 0 Å². The van der Waals surface area contributed by atoms with Gasteiger partial charge in [0.1, 0.15) is 23.0 Å². The molecule has 64 heavy (non-hydrogen) atoms. The Labute approximate surface area is 382 Å². The SMILES string of the molecule is CC.CC.Cc1ccc2ccccc2c1-c1cc(C(C)C)cc(-c2ccccc2OCCCOc2ccccc2-c2cc(C(C)(C)C)cc(-c3c(C)ccc4ccccc34)c2O)c1O. The summed E-state index contributed by atoms with van der Waals surface area (Å²) < 4.78 is 13.0. The quantitative estimate of drug-likeness (QED) is 0.127. The molecule has 0 saturated carbocycles. The van der Waals surface area contributed by atoms with Gasteiger partial charge >= 0.3 is 0 Å². The van der Waals surface area contributed by atoms with Crippen molar-refractivity contribution in [3.05, 3.63) is 168 Å². The number of ether oxygens (including phenoxy) is 2. The van der Waals surface area contributed by atoms with E-state index in [1.54, 1.807) is 0 Å². The summed E-state index contributed by atoms with van der Waals surface area (Å²) in [5, 5.41) is 28.8. The molecule has 8 aromatic carbocycles. The minimum Gasteiger partial charge on any atom is -0.507 e. The molecule has 0 atom stereocenters. The largest absolute Gasteiger partial charge is 0.507 e. The highest BCUT2D eigenvalue weighted by molar-refractivity contribution is 6.02. The maximum atomic E-state index is 12.2. The third-order valence-electron chi connectivity index (χ3n) is 11.7. The molecule has 4 nitrogen and oxygen atoms in total. The molecule has 0 radical (unpaired) electrons. The average molecular weight is 851 g/mol. The second-order valence-corrected chi connectivity index (χ2v) is 17.3. The van der Waals surface area contributed by atoms with Crippen molar-refractivity contribution in [1.29, 1.82) is 0 Å². The van der Waals surface area contributed by atoms with Crippen LogP contribution in [0.25, 0.3) is 66.1 Å². The summed E-state index contributed by atoms with van der Waals surface area (Å²) in [5.74, 6) is 2.13. The molecule has 0 amide bonds. The van der Waals surface area contributed by atoms with E-state index in [-0.39, 0.29) is 22.8 Å². The predicted molar refractivity (Wildman–Crippen MR) is 274 cm³/mol. The van der Waals surface area contributed by atoms with Crippen molar-refractivity contribution in [3.8, 4) is 67.5 Å². The third kappa shape index (κ3) is 9.82. The van der Waals surface area contributed by atoms with Crippen LogP contribution in [0.1, 0.15) is 96.9 Å².